The predicted molar refractivity (Wildman–Crippen MR) is 118 cm³/mol. The van der Waals surface area contributed by atoms with Crippen molar-refractivity contribution < 1.29 is 19.4 Å². The van der Waals surface area contributed by atoms with Crippen LogP contribution in [-0.2, 0) is 10.3 Å². The number of ether oxygens (including phenoxy) is 2. The number of carbonyl (C=O) groups excluding carboxylic acids is 1. The molecular formula is C26H21NO4. The molecule has 0 saturated carbocycles. The Labute approximate surface area is 179 Å². The van der Waals surface area contributed by atoms with Crippen LogP contribution in [0, 0.1) is 0 Å². The molecule has 2 atom stereocenters. The number of anilines is 1. The molecule has 3 aliphatic rings. The van der Waals surface area contributed by atoms with Crippen molar-refractivity contribution in [2.24, 2.45) is 0 Å². The standard InChI is InChI=1S/C26H21NO4/c1-27(2)16-8-12-21-23(14-16)30-24-18-10-9-17(28)13-15(18)7-11-22(24)26(21)20-6-4-3-5-19(20)25(29)31-26/h3-8,10-14,17,28H,9H2,1-2H3. The van der Waals surface area contributed by atoms with E-state index in [4.69, 9.17) is 9.47 Å². The molecule has 154 valence electrons. The lowest BCUT2D eigenvalue weighted by molar-refractivity contribution is 0.0224. The molecule has 3 aromatic carbocycles. The average molecular weight is 411 g/mol. The molecule has 1 aliphatic carbocycles. The normalized spacial score (nSPS) is 22.2. The molecule has 5 nitrogen and oxygen atoms in total. The van der Waals surface area contributed by atoms with Gasteiger partial charge in [0.15, 0.2) is 5.60 Å². The summed E-state index contributed by atoms with van der Waals surface area (Å²) >= 11 is 0. The molecule has 6 rings (SSSR count). The van der Waals surface area contributed by atoms with Crippen molar-refractivity contribution in [3.05, 3.63) is 87.3 Å². The van der Waals surface area contributed by atoms with Crippen LogP contribution in [0.15, 0.2) is 54.6 Å². The third kappa shape index (κ3) is 2.38. The fourth-order valence-corrected chi connectivity index (χ4v) is 4.91. The van der Waals surface area contributed by atoms with E-state index in [2.05, 4.69) is 0 Å². The summed E-state index contributed by atoms with van der Waals surface area (Å²) in [5, 5.41) is 11.9. The van der Waals surface area contributed by atoms with Crippen molar-refractivity contribution >= 4 is 23.8 Å². The molecule has 0 fully saturated rings. The minimum absolute atomic E-state index is 0.338. The van der Waals surface area contributed by atoms with Gasteiger partial charge < -0.3 is 19.5 Å². The van der Waals surface area contributed by atoms with Gasteiger partial charge in [0.2, 0.25) is 0 Å². The lowest BCUT2D eigenvalue weighted by Gasteiger charge is -2.37. The largest absolute Gasteiger partial charge is 0.456 e. The van der Waals surface area contributed by atoms with Gasteiger partial charge in [0.25, 0.3) is 0 Å². The van der Waals surface area contributed by atoms with Crippen LogP contribution in [0.4, 0.5) is 5.69 Å². The Morgan fingerprint density at radius 1 is 1.03 bits per heavy atom. The van der Waals surface area contributed by atoms with Crippen molar-refractivity contribution in [3.8, 4) is 11.5 Å². The lowest BCUT2D eigenvalue weighted by atomic mass is 9.77. The summed E-state index contributed by atoms with van der Waals surface area (Å²) in [5.41, 5.74) is 2.93. The van der Waals surface area contributed by atoms with E-state index in [0.29, 0.717) is 23.5 Å². The quantitative estimate of drug-likeness (QED) is 0.624. The Balaban J connectivity index is 1.73. The van der Waals surface area contributed by atoms with Gasteiger partial charge in [0.05, 0.1) is 11.7 Å². The Hall–Kier alpha value is -3.57. The predicted octanol–water partition coefficient (Wildman–Crippen LogP) is 2.65. The molecule has 2 heterocycles. The third-order valence-electron chi connectivity index (χ3n) is 6.39. The molecule has 3 aromatic rings. The number of hydrogen-bond acceptors (Lipinski definition) is 5. The molecule has 0 radical (unpaired) electrons. The molecule has 0 saturated heterocycles. The van der Waals surface area contributed by atoms with Crippen molar-refractivity contribution in [1.82, 2.24) is 0 Å². The maximum atomic E-state index is 12.9. The Bertz CT molecular complexity index is 1390. The number of carbonyl (C=O) groups is 1. The second-order valence-electron chi connectivity index (χ2n) is 8.41. The van der Waals surface area contributed by atoms with Gasteiger partial charge in [-0.05, 0) is 42.0 Å². The summed E-state index contributed by atoms with van der Waals surface area (Å²) in [6, 6.07) is 17.4. The van der Waals surface area contributed by atoms with E-state index in [0.717, 1.165) is 32.8 Å². The number of aliphatic hydroxyl groups excluding tert-OH is 1. The van der Waals surface area contributed by atoms with Crippen LogP contribution in [0.25, 0.3) is 12.2 Å². The number of nitrogens with zero attached hydrogens (tertiary/aromatic N) is 1. The van der Waals surface area contributed by atoms with E-state index in [9.17, 15) is 9.90 Å². The highest BCUT2D eigenvalue weighted by molar-refractivity contribution is 5.97. The van der Waals surface area contributed by atoms with Gasteiger partial charge in [-0.15, -0.1) is 0 Å². The minimum Gasteiger partial charge on any atom is -0.456 e. The molecule has 2 aliphatic heterocycles. The van der Waals surface area contributed by atoms with Crippen LogP contribution in [0.5, 0.6) is 11.5 Å². The fourth-order valence-electron chi connectivity index (χ4n) is 4.91. The van der Waals surface area contributed by atoms with Crippen LogP contribution in [0.3, 0.4) is 0 Å². The van der Waals surface area contributed by atoms with Gasteiger partial charge in [-0.3, -0.25) is 0 Å². The van der Waals surface area contributed by atoms with E-state index in [1.54, 1.807) is 0 Å². The zero-order valence-corrected chi connectivity index (χ0v) is 17.3. The summed E-state index contributed by atoms with van der Waals surface area (Å²) in [6.07, 6.45) is 3.84. The summed E-state index contributed by atoms with van der Waals surface area (Å²) < 4.78 is 12.7. The van der Waals surface area contributed by atoms with Gasteiger partial charge in [0.1, 0.15) is 11.5 Å². The highest BCUT2D eigenvalue weighted by Crippen LogP contribution is 2.55. The maximum absolute atomic E-state index is 12.9. The molecule has 31 heavy (non-hydrogen) atoms. The number of hydrogen-bond donors (Lipinski definition) is 1. The van der Waals surface area contributed by atoms with Gasteiger partial charge in [-0.2, -0.15) is 0 Å². The second kappa shape index (κ2) is 6.22. The molecule has 0 aromatic heterocycles. The van der Waals surface area contributed by atoms with E-state index in [1.165, 1.54) is 0 Å². The summed E-state index contributed by atoms with van der Waals surface area (Å²) in [4.78, 5) is 15.0. The monoisotopic (exact) mass is 411 g/mol. The van der Waals surface area contributed by atoms with Crippen LogP contribution in [0.1, 0.15) is 33.5 Å². The first kappa shape index (κ1) is 18.2. The third-order valence-corrected chi connectivity index (χ3v) is 6.39. The Morgan fingerprint density at radius 2 is 1.84 bits per heavy atom. The van der Waals surface area contributed by atoms with Crippen LogP contribution >= 0.6 is 0 Å². The molecule has 0 amide bonds. The van der Waals surface area contributed by atoms with Gasteiger partial charge >= 0.3 is 5.97 Å². The van der Waals surface area contributed by atoms with E-state index in [1.807, 2.05) is 85.7 Å². The molecule has 0 bridgehead atoms. The van der Waals surface area contributed by atoms with Crippen LogP contribution < -0.4 is 20.1 Å². The smallest absolute Gasteiger partial charge is 0.340 e. The van der Waals surface area contributed by atoms with E-state index < -0.39 is 11.7 Å². The maximum Gasteiger partial charge on any atom is 0.340 e. The first-order valence-electron chi connectivity index (χ1n) is 10.4. The van der Waals surface area contributed by atoms with Gasteiger partial charge in [-0.25, -0.2) is 4.79 Å². The SMILES string of the molecule is CN(C)c1ccc2c(c1)Oc1c(ccc3c1=CCC(O)C=3)C21OC(=O)c2ccccc21. The summed E-state index contributed by atoms with van der Waals surface area (Å²) in [7, 11) is 3.95. The van der Waals surface area contributed by atoms with Crippen molar-refractivity contribution in [2.45, 2.75) is 18.1 Å². The van der Waals surface area contributed by atoms with E-state index in [-0.39, 0.29) is 5.97 Å². The first-order valence-corrected chi connectivity index (χ1v) is 10.4. The highest BCUT2D eigenvalue weighted by Gasteiger charge is 2.53. The van der Waals surface area contributed by atoms with E-state index >= 15 is 0 Å². The first-order chi connectivity index (χ1) is 15.0. The van der Waals surface area contributed by atoms with Gasteiger partial charge in [-0.1, -0.05) is 30.3 Å². The number of benzene rings is 3. The molecule has 5 heteroatoms. The molecule has 1 spiro atoms. The highest BCUT2D eigenvalue weighted by atomic mass is 16.6. The van der Waals surface area contributed by atoms with Crippen LogP contribution in [-0.4, -0.2) is 31.3 Å². The van der Waals surface area contributed by atoms with Crippen molar-refractivity contribution in [1.29, 1.82) is 0 Å². The Morgan fingerprint density at radius 3 is 2.68 bits per heavy atom. The molecule has 1 N–H and O–H groups in total. The average Bonchev–Trinajstić information content (AvgIpc) is 3.06. The summed E-state index contributed by atoms with van der Waals surface area (Å²) in [6.45, 7) is 0. The number of fused-ring (bicyclic) bond motifs is 8. The van der Waals surface area contributed by atoms with Crippen molar-refractivity contribution in [2.75, 3.05) is 19.0 Å². The lowest BCUT2D eigenvalue weighted by Crippen LogP contribution is -2.39. The number of rotatable bonds is 1. The molecule has 2 unspecified atom stereocenters. The number of aliphatic hydroxyl groups is 1. The Kier molecular flexibility index (Phi) is 3.65. The zero-order valence-electron chi connectivity index (χ0n) is 17.3. The number of esters is 1. The summed E-state index contributed by atoms with van der Waals surface area (Å²) in [5.74, 6) is 0.999. The van der Waals surface area contributed by atoms with Crippen molar-refractivity contribution in [3.63, 3.8) is 0 Å². The fraction of sp³-hybridized carbons (Fsp3) is 0.192. The molecular weight excluding hydrogens is 390 g/mol. The second-order valence-corrected chi connectivity index (χ2v) is 8.41. The topological polar surface area (TPSA) is 59.0 Å². The van der Waals surface area contributed by atoms with Crippen LogP contribution in [0.2, 0.25) is 0 Å². The van der Waals surface area contributed by atoms with Gasteiger partial charge in [0, 0.05) is 47.8 Å². The minimum atomic E-state index is -1.07. The zero-order chi connectivity index (χ0) is 21.3.